The molecule has 0 atom stereocenters. The molecule has 5 heterocycles. The number of pyridine rings is 3. The van der Waals surface area contributed by atoms with E-state index in [-0.39, 0.29) is 5.91 Å². The SMILES string of the molecule is Cc1cc(C#N)ncc1Oc1cc(Nc2ccc(C(=O)N3CCC(C)(O)CC3)cn2)c2ncn(C)c2n1. The van der Waals surface area contributed by atoms with E-state index in [2.05, 4.69) is 25.3 Å². The van der Waals surface area contributed by atoms with E-state index in [1.54, 1.807) is 47.0 Å². The average Bonchev–Trinajstić information content (AvgIpc) is 3.26. The van der Waals surface area contributed by atoms with Crippen LogP contribution in [0.25, 0.3) is 11.2 Å². The third kappa shape index (κ3) is 5.05. The molecule has 0 radical (unpaired) electrons. The fourth-order valence-electron chi connectivity index (χ4n) is 4.15. The van der Waals surface area contributed by atoms with Crippen molar-refractivity contribution in [3.63, 3.8) is 0 Å². The predicted molar refractivity (Wildman–Crippen MR) is 136 cm³/mol. The summed E-state index contributed by atoms with van der Waals surface area (Å²) >= 11 is 0. The average molecular weight is 499 g/mol. The van der Waals surface area contributed by atoms with Gasteiger partial charge in [-0.2, -0.15) is 10.2 Å². The van der Waals surface area contributed by atoms with Crippen LogP contribution < -0.4 is 10.1 Å². The molecule has 1 saturated heterocycles. The number of amides is 1. The normalized spacial score (nSPS) is 14.8. The van der Waals surface area contributed by atoms with Gasteiger partial charge in [-0.3, -0.25) is 4.79 Å². The molecule has 11 heteroatoms. The molecule has 37 heavy (non-hydrogen) atoms. The van der Waals surface area contributed by atoms with Crippen LogP contribution in [0.4, 0.5) is 11.5 Å². The van der Waals surface area contributed by atoms with Gasteiger partial charge in [-0.25, -0.2) is 15.0 Å². The molecule has 0 unspecified atom stereocenters. The summed E-state index contributed by atoms with van der Waals surface area (Å²) < 4.78 is 7.78. The second-order valence-corrected chi connectivity index (χ2v) is 9.43. The smallest absolute Gasteiger partial charge is 0.255 e. The fourth-order valence-corrected chi connectivity index (χ4v) is 4.15. The number of piperidine rings is 1. The number of hydrogen-bond acceptors (Lipinski definition) is 9. The number of nitrogens with zero attached hydrogens (tertiary/aromatic N) is 7. The molecular formula is C26H26N8O3. The van der Waals surface area contributed by atoms with Gasteiger partial charge in [-0.15, -0.1) is 0 Å². The van der Waals surface area contributed by atoms with Gasteiger partial charge >= 0.3 is 0 Å². The molecule has 0 aliphatic carbocycles. The summed E-state index contributed by atoms with van der Waals surface area (Å²) in [5.41, 5.74) is 2.69. The van der Waals surface area contributed by atoms with E-state index in [9.17, 15) is 9.90 Å². The first-order valence-electron chi connectivity index (χ1n) is 11.8. The summed E-state index contributed by atoms with van der Waals surface area (Å²) in [6, 6.07) is 8.84. The number of hydrogen-bond donors (Lipinski definition) is 2. The zero-order valence-electron chi connectivity index (χ0n) is 20.8. The molecule has 1 aliphatic heterocycles. The van der Waals surface area contributed by atoms with Crippen LogP contribution in [-0.2, 0) is 7.05 Å². The third-order valence-electron chi connectivity index (χ3n) is 6.44. The van der Waals surface area contributed by atoms with Crippen molar-refractivity contribution in [2.24, 2.45) is 7.05 Å². The molecule has 4 aromatic rings. The van der Waals surface area contributed by atoms with Crippen LogP contribution in [0.3, 0.4) is 0 Å². The number of aromatic nitrogens is 5. The summed E-state index contributed by atoms with van der Waals surface area (Å²) in [5.74, 6) is 1.23. The number of carbonyl (C=O) groups excluding carboxylic acids is 1. The number of likely N-dealkylation sites (tertiary alicyclic amines) is 1. The van der Waals surface area contributed by atoms with Crippen molar-refractivity contribution in [1.29, 1.82) is 5.26 Å². The number of carbonyl (C=O) groups is 1. The van der Waals surface area contributed by atoms with Gasteiger partial charge in [0, 0.05) is 32.4 Å². The molecule has 0 spiro atoms. The number of rotatable bonds is 5. The van der Waals surface area contributed by atoms with Crippen LogP contribution in [-0.4, -0.2) is 59.1 Å². The van der Waals surface area contributed by atoms with Gasteiger partial charge in [0.1, 0.15) is 23.1 Å². The zero-order valence-corrected chi connectivity index (χ0v) is 20.8. The summed E-state index contributed by atoms with van der Waals surface area (Å²) in [6.45, 7) is 4.65. The summed E-state index contributed by atoms with van der Waals surface area (Å²) in [6.07, 6.45) is 5.80. The lowest BCUT2D eigenvalue weighted by Crippen LogP contribution is -2.45. The number of aryl methyl sites for hydroxylation is 2. The lowest BCUT2D eigenvalue weighted by molar-refractivity contribution is -0.00203. The van der Waals surface area contributed by atoms with E-state index in [0.29, 0.717) is 71.5 Å². The molecule has 4 aromatic heterocycles. The molecule has 0 saturated carbocycles. The first kappa shape index (κ1) is 24.1. The molecule has 1 aliphatic rings. The number of fused-ring (bicyclic) bond motifs is 1. The van der Waals surface area contributed by atoms with Gasteiger partial charge in [0.15, 0.2) is 11.4 Å². The monoisotopic (exact) mass is 498 g/mol. The van der Waals surface area contributed by atoms with E-state index in [4.69, 9.17) is 10.00 Å². The van der Waals surface area contributed by atoms with Gasteiger partial charge in [-0.1, -0.05) is 0 Å². The molecule has 11 nitrogen and oxygen atoms in total. The second kappa shape index (κ2) is 9.48. The highest BCUT2D eigenvalue weighted by Crippen LogP contribution is 2.31. The molecule has 0 aromatic carbocycles. The zero-order chi connectivity index (χ0) is 26.2. The number of ether oxygens (including phenoxy) is 1. The summed E-state index contributed by atoms with van der Waals surface area (Å²) in [4.78, 5) is 32.1. The quantitative estimate of drug-likeness (QED) is 0.423. The standard InChI is InChI=1S/C26H26N8O3/c1-16-10-18(12-27)28-14-20(16)37-22-11-19(23-24(32-22)33(3)15-30-23)31-21-5-4-17(13-29-21)25(35)34-8-6-26(2,36)7-9-34/h4-5,10-11,13-15,36H,6-9H2,1-3H3,(H,29,31,32). The van der Waals surface area contributed by atoms with Gasteiger partial charge in [0.2, 0.25) is 5.88 Å². The number of nitriles is 1. The van der Waals surface area contributed by atoms with Gasteiger partial charge in [0.25, 0.3) is 5.91 Å². The van der Waals surface area contributed by atoms with E-state index in [0.717, 1.165) is 5.56 Å². The van der Waals surface area contributed by atoms with Crippen molar-refractivity contribution in [2.75, 3.05) is 18.4 Å². The first-order chi connectivity index (χ1) is 17.7. The first-order valence-corrected chi connectivity index (χ1v) is 11.8. The van der Waals surface area contributed by atoms with Crippen LogP contribution in [0.15, 0.2) is 43.0 Å². The minimum absolute atomic E-state index is 0.104. The Labute approximate surface area is 213 Å². The Morgan fingerprint density at radius 1 is 1.19 bits per heavy atom. The van der Waals surface area contributed by atoms with E-state index in [1.165, 1.54) is 12.4 Å². The van der Waals surface area contributed by atoms with Crippen molar-refractivity contribution >= 4 is 28.6 Å². The second-order valence-electron chi connectivity index (χ2n) is 9.43. The van der Waals surface area contributed by atoms with Crippen molar-refractivity contribution in [2.45, 2.75) is 32.3 Å². The van der Waals surface area contributed by atoms with Crippen molar-refractivity contribution < 1.29 is 14.6 Å². The molecule has 1 fully saturated rings. The molecule has 188 valence electrons. The van der Waals surface area contributed by atoms with Crippen LogP contribution >= 0.6 is 0 Å². The predicted octanol–water partition coefficient (Wildman–Crippen LogP) is 3.46. The fraction of sp³-hybridized carbons (Fsp3) is 0.308. The van der Waals surface area contributed by atoms with Crippen LogP contribution in [0.2, 0.25) is 0 Å². The minimum Gasteiger partial charge on any atom is -0.437 e. The highest BCUT2D eigenvalue weighted by Gasteiger charge is 2.30. The van der Waals surface area contributed by atoms with Crippen LogP contribution in [0, 0.1) is 18.3 Å². The number of aliphatic hydroxyl groups is 1. The molecule has 5 rings (SSSR count). The molecule has 1 amide bonds. The highest BCUT2D eigenvalue weighted by atomic mass is 16.5. The van der Waals surface area contributed by atoms with Gasteiger partial charge in [-0.05, 0) is 50.5 Å². The molecule has 0 bridgehead atoms. The number of imidazole rings is 1. The summed E-state index contributed by atoms with van der Waals surface area (Å²) in [7, 11) is 1.84. The number of nitrogens with one attached hydrogen (secondary N) is 1. The van der Waals surface area contributed by atoms with Crippen molar-refractivity contribution in [1.82, 2.24) is 29.4 Å². The van der Waals surface area contributed by atoms with E-state index in [1.807, 2.05) is 20.0 Å². The maximum atomic E-state index is 12.9. The number of anilines is 2. The van der Waals surface area contributed by atoms with E-state index >= 15 is 0 Å². The largest absolute Gasteiger partial charge is 0.437 e. The maximum absolute atomic E-state index is 12.9. The Morgan fingerprint density at radius 3 is 2.65 bits per heavy atom. The highest BCUT2D eigenvalue weighted by molar-refractivity contribution is 5.94. The Bertz CT molecular complexity index is 1510. The van der Waals surface area contributed by atoms with Gasteiger partial charge < -0.3 is 24.6 Å². The van der Waals surface area contributed by atoms with Crippen molar-refractivity contribution in [3.05, 3.63) is 59.8 Å². The Balaban J connectivity index is 1.37. The lowest BCUT2D eigenvalue weighted by Gasteiger charge is -2.35. The Kier molecular flexibility index (Phi) is 6.19. The Hall–Kier alpha value is -4.56. The minimum atomic E-state index is -0.720. The van der Waals surface area contributed by atoms with Crippen LogP contribution in [0.1, 0.15) is 41.4 Å². The molecule has 2 N–H and O–H groups in total. The van der Waals surface area contributed by atoms with Crippen molar-refractivity contribution in [3.8, 4) is 17.7 Å². The van der Waals surface area contributed by atoms with Crippen LogP contribution in [0.5, 0.6) is 11.6 Å². The van der Waals surface area contributed by atoms with Gasteiger partial charge in [0.05, 0.1) is 29.4 Å². The topological polar surface area (TPSA) is 142 Å². The van der Waals surface area contributed by atoms with E-state index < -0.39 is 5.60 Å². The third-order valence-corrected chi connectivity index (χ3v) is 6.44. The summed E-state index contributed by atoms with van der Waals surface area (Å²) in [5, 5.41) is 22.5. The lowest BCUT2D eigenvalue weighted by atomic mass is 9.93. The molecular weight excluding hydrogens is 472 g/mol. The Morgan fingerprint density at radius 2 is 1.97 bits per heavy atom. The maximum Gasteiger partial charge on any atom is 0.255 e.